The number of nitrogens with zero attached hydrogens (tertiary/aromatic N) is 2. The van der Waals surface area contributed by atoms with Crippen LogP contribution in [0.25, 0.3) is 0 Å². The van der Waals surface area contributed by atoms with Gasteiger partial charge >= 0.3 is 0 Å². The van der Waals surface area contributed by atoms with Crippen LogP contribution in [0.5, 0.6) is 0 Å². The molecule has 2 N–H and O–H groups in total. The molecule has 76 valence electrons. The van der Waals surface area contributed by atoms with E-state index in [1.807, 2.05) is 13.1 Å². The predicted molar refractivity (Wildman–Crippen MR) is 58.4 cm³/mol. The van der Waals surface area contributed by atoms with Gasteiger partial charge in [-0.05, 0) is 31.9 Å². The van der Waals surface area contributed by atoms with E-state index in [0.717, 1.165) is 18.8 Å². The van der Waals surface area contributed by atoms with E-state index in [1.54, 1.807) is 0 Å². The van der Waals surface area contributed by atoms with Gasteiger partial charge in [0.25, 0.3) is 0 Å². The molecular formula is C11H17N3. The normalized spacial score (nSPS) is 21.6. The van der Waals surface area contributed by atoms with Gasteiger partial charge in [0.1, 0.15) is 0 Å². The van der Waals surface area contributed by atoms with E-state index in [4.69, 9.17) is 5.73 Å². The van der Waals surface area contributed by atoms with Gasteiger partial charge in [0, 0.05) is 36.7 Å². The Hall–Kier alpha value is -1.09. The van der Waals surface area contributed by atoms with Crippen LogP contribution in [0.4, 0.5) is 5.69 Å². The first kappa shape index (κ1) is 9.46. The Kier molecular flexibility index (Phi) is 2.68. The Bertz CT molecular complexity index is 311. The maximum Gasteiger partial charge on any atom is 0.0413 e. The Morgan fingerprint density at radius 1 is 1.64 bits per heavy atom. The second-order valence-electron chi connectivity index (χ2n) is 3.88. The van der Waals surface area contributed by atoms with Crippen molar-refractivity contribution in [1.82, 2.24) is 4.98 Å². The second-order valence-corrected chi connectivity index (χ2v) is 3.88. The van der Waals surface area contributed by atoms with Crippen molar-refractivity contribution in [3.8, 4) is 0 Å². The largest absolute Gasteiger partial charge is 0.367 e. The van der Waals surface area contributed by atoms with Crippen molar-refractivity contribution in [2.45, 2.75) is 25.8 Å². The number of aryl methyl sites for hydroxylation is 1. The number of anilines is 1. The lowest BCUT2D eigenvalue weighted by molar-refractivity contribution is 0.676. The highest BCUT2D eigenvalue weighted by Gasteiger charge is 2.23. The summed E-state index contributed by atoms with van der Waals surface area (Å²) >= 11 is 0. The van der Waals surface area contributed by atoms with E-state index in [9.17, 15) is 0 Å². The van der Waals surface area contributed by atoms with Gasteiger partial charge < -0.3 is 10.6 Å². The minimum atomic E-state index is 0.525. The topological polar surface area (TPSA) is 42.1 Å². The van der Waals surface area contributed by atoms with E-state index in [1.165, 1.54) is 18.5 Å². The highest BCUT2D eigenvalue weighted by atomic mass is 15.2. The van der Waals surface area contributed by atoms with Crippen molar-refractivity contribution < 1.29 is 0 Å². The summed E-state index contributed by atoms with van der Waals surface area (Å²) < 4.78 is 0. The summed E-state index contributed by atoms with van der Waals surface area (Å²) in [6.07, 6.45) is 4.34. The molecule has 0 aliphatic carbocycles. The Labute approximate surface area is 84.9 Å². The van der Waals surface area contributed by atoms with Crippen LogP contribution in [0.1, 0.15) is 18.5 Å². The monoisotopic (exact) mass is 191 g/mol. The van der Waals surface area contributed by atoms with Crippen LogP contribution in [0.15, 0.2) is 18.3 Å². The molecule has 1 atom stereocenters. The van der Waals surface area contributed by atoms with Gasteiger partial charge in [-0.3, -0.25) is 4.98 Å². The quantitative estimate of drug-likeness (QED) is 0.766. The molecule has 14 heavy (non-hydrogen) atoms. The summed E-state index contributed by atoms with van der Waals surface area (Å²) in [4.78, 5) is 6.60. The molecule has 3 heteroatoms. The van der Waals surface area contributed by atoms with Crippen LogP contribution in [0.2, 0.25) is 0 Å². The molecule has 1 aliphatic rings. The molecule has 3 nitrogen and oxygen atoms in total. The van der Waals surface area contributed by atoms with Crippen LogP contribution < -0.4 is 10.6 Å². The number of aromatic nitrogens is 1. The summed E-state index contributed by atoms with van der Waals surface area (Å²) in [7, 11) is 0. The zero-order chi connectivity index (χ0) is 9.97. The van der Waals surface area contributed by atoms with Crippen LogP contribution in [-0.4, -0.2) is 24.1 Å². The number of pyridine rings is 1. The molecule has 2 rings (SSSR count). The van der Waals surface area contributed by atoms with Gasteiger partial charge in [-0.1, -0.05) is 0 Å². The molecule has 0 radical (unpaired) electrons. The van der Waals surface area contributed by atoms with Crippen molar-refractivity contribution in [3.63, 3.8) is 0 Å². The highest BCUT2D eigenvalue weighted by molar-refractivity contribution is 5.48. The Morgan fingerprint density at radius 2 is 2.50 bits per heavy atom. The molecule has 2 heterocycles. The maximum atomic E-state index is 5.74. The molecule has 1 aromatic rings. The molecule has 0 bridgehead atoms. The SMILES string of the molecule is Cc1cc(N2CCCC2CN)ccn1. The average molecular weight is 191 g/mol. The average Bonchev–Trinajstić information content (AvgIpc) is 2.65. The van der Waals surface area contributed by atoms with E-state index in [0.29, 0.717) is 6.04 Å². The molecule has 1 fully saturated rings. The smallest absolute Gasteiger partial charge is 0.0413 e. The first-order valence-corrected chi connectivity index (χ1v) is 5.20. The van der Waals surface area contributed by atoms with E-state index >= 15 is 0 Å². The molecular weight excluding hydrogens is 174 g/mol. The van der Waals surface area contributed by atoms with Gasteiger partial charge in [0.05, 0.1) is 0 Å². The third-order valence-electron chi connectivity index (χ3n) is 2.86. The first-order chi connectivity index (χ1) is 6.81. The number of hydrogen-bond donors (Lipinski definition) is 1. The summed E-state index contributed by atoms with van der Waals surface area (Å²) in [5.74, 6) is 0. The van der Waals surface area contributed by atoms with E-state index in [2.05, 4.69) is 22.0 Å². The lowest BCUT2D eigenvalue weighted by atomic mass is 10.2. The molecule has 0 saturated carbocycles. The predicted octanol–water partition coefficient (Wildman–Crippen LogP) is 1.32. The van der Waals surface area contributed by atoms with Gasteiger partial charge in [-0.25, -0.2) is 0 Å². The zero-order valence-corrected chi connectivity index (χ0v) is 8.61. The van der Waals surface area contributed by atoms with Crippen LogP contribution in [-0.2, 0) is 0 Å². The third-order valence-corrected chi connectivity index (χ3v) is 2.86. The van der Waals surface area contributed by atoms with Gasteiger partial charge in [-0.2, -0.15) is 0 Å². The lowest BCUT2D eigenvalue weighted by Crippen LogP contribution is -2.35. The first-order valence-electron chi connectivity index (χ1n) is 5.20. The molecule has 0 aromatic carbocycles. The van der Waals surface area contributed by atoms with Crippen molar-refractivity contribution in [2.24, 2.45) is 5.73 Å². The minimum absolute atomic E-state index is 0.525. The van der Waals surface area contributed by atoms with Crippen LogP contribution in [0, 0.1) is 6.92 Å². The Balaban J connectivity index is 2.21. The molecule has 0 spiro atoms. The van der Waals surface area contributed by atoms with Crippen molar-refractivity contribution in [3.05, 3.63) is 24.0 Å². The van der Waals surface area contributed by atoms with Gasteiger partial charge in [0.2, 0.25) is 0 Å². The van der Waals surface area contributed by atoms with Gasteiger partial charge in [-0.15, -0.1) is 0 Å². The van der Waals surface area contributed by atoms with Crippen LogP contribution in [0.3, 0.4) is 0 Å². The van der Waals surface area contributed by atoms with Crippen molar-refractivity contribution in [2.75, 3.05) is 18.0 Å². The number of rotatable bonds is 2. The van der Waals surface area contributed by atoms with Crippen molar-refractivity contribution >= 4 is 5.69 Å². The standard InChI is InChI=1S/C11H17N3/c1-9-7-10(4-5-13-9)14-6-2-3-11(14)8-12/h4-5,7,11H,2-3,6,8,12H2,1H3. The summed E-state index contributed by atoms with van der Waals surface area (Å²) in [6, 6.07) is 4.73. The molecule has 1 aliphatic heterocycles. The summed E-state index contributed by atoms with van der Waals surface area (Å²) in [6.45, 7) is 3.91. The summed E-state index contributed by atoms with van der Waals surface area (Å²) in [5.41, 5.74) is 8.09. The van der Waals surface area contributed by atoms with E-state index < -0.39 is 0 Å². The minimum Gasteiger partial charge on any atom is -0.367 e. The fourth-order valence-electron chi connectivity index (χ4n) is 2.13. The van der Waals surface area contributed by atoms with Crippen LogP contribution >= 0.6 is 0 Å². The molecule has 1 unspecified atom stereocenters. The molecule has 1 aromatic heterocycles. The van der Waals surface area contributed by atoms with Crippen molar-refractivity contribution in [1.29, 1.82) is 0 Å². The third kappa shape index (κ3) is 1.73. The number of hydrogen-bond acceptors (Lipinski definition) is 3. The summed E-state index contributed by atoms with van der Waals surface area (Å²) in [5, 5.41) is 0. The second kappa shape index (κ2) is 3.96. The maximum absolute atomic E-state index is 5.74. The highest BCUT2D eigenvalue weighted by Crippen LogP contribution is 2.24. The zero-order valence-electron chi connectivity index (χ0n) is 8.61. The number of nitrogens with two attached hydrogens (primary N) is 1. The Morgan fingerprint density at radius 3 is 3.21 bits per heavy atom. The molecule has 0 amide bonds. The fraction of sp³-hybridized carbons (Fsp3) is 0.545. The van der Waals surface area contributed by atoms with E-state index in [-0.39, 0.29) is 0 Å². The molecule has 1 saturated heterocycles. The fourth-order valence-corrected chi connectivity index (χ4v) is 2.13. The van der Waals surface area contributed by atoms with Gasteiger partial charge in [0.15, 0.2) is 0 Å². The lowest BCUT2D eigenvalue weighted by Gasteiger charge is -2.25.